The summed E-state index contributed by atoms with van der Waals surface area (Å²) in [5.41, 5.74) is -0.822. The number of aromatic nitrogens is 4. The summed E-state index contributed by atoms with van der Waals surface area (Å²) in [4.78, 5) is 27.0. The lowest BCUT2D eigenvalue weighted by atomic mass is 9.96. The lowest BCUT2D eigenvalue weighted by Gasteiger charge is -2.29. The normalized spacial score (nSPS) is 19.6. The van der Waals surface area contributed by atoms with E-state index in [9.17, 15) is 27.2 Å². The van der Waals surface area contributed by atoms with E-state index in [2.05, 4.69) is 14.8 Å². The first-order valence-corrected chi connectivity index (χ1v) is 7.88. The predicted molar refractivity (Wildman–Crippen MR) is 80.8 cm³/mol. The maximum Gasteiger partial charge on any atom is 0.507 e. The summed E-state index contributed by atoms with van der Waals surface area (Å²) in [6.07, 6.45) is -8.61. The Bertz CT molecular complexity index is 942. The van der Waals surface area contributed by atoms with Gasteiger partial charge in [0.25, 0.3) is 0 Å². The summed E-state index contributed by atoms with van der Waals surface area (Å²) in [7, 11) is 0. The second kappa shape index (κ2) is 6.83. The molecular weight excluding hydrogens is 400 g/mol. The van der Waals surface area contributed by atoms with E-state index in [0.717, 1.165) is 21.5 Å². The minimum Gasteiger partial charge on any atom is -0.450 e. The third-order valence-corrected chi connectivity index (χ3v) is 4.35. The van der Waals surface area contributed by atoms with Gasteiger partial charge in [-0.1, -0.05) is 11.6 Å². The van der Waals surface area contributed by atoms with Crippen LogP contribution in [0.25, 0.3) is 0 Å². The molecule has 8 nitrogen and oxygen atoms in total. The Morgan fingerprint density at radius 1 is 1.44 bits per heavy atom. The molecule has 0 saturated heterocycles. The molecular formula is C14H11ClF4N4O4. The first-order chi connectivity index (χ1) is 12.6. The maximum atomic E-state index is 13.1. The van der Waals surface area contributed by atoms with Gasteiger partial charge in [-0.2, -0.15) is 18.3 Å². The van der Waals surface area contributed by atoms with Crippen LogP contribution in [0, 0.1) is 11.7 Å². The number of carboxylic acid groups (broad SMARTS) is 1. The van der Waals surface area contributed by atoms with Crippen LogP contribution in [0.1, 0.15) is 24.2 Å². The molecule has 13 heteroatoms. The van der Waals surface area contributed by atoms with Gasteiger partial charge < -0.3 is 9.84 Å². The molecule has 0 aromatic carbocycles. The number of pyridine rings is 1. The Morgan fingerprint density at radius 2 is 2.15 bits per heavy atom. The number of hydrogen-bond donors (Lipinski definition) is 1. The molecule has 2 unspecified atom stereocenters. The van der Waals surface area contributed by atoms with Crippen molar-refractivity contribution in [2.75, 3.05) is 0 Å². The van der Waals surface area contributed by atoms with Gasteiger partial charge in [0.1, 0.15) is 11.6 Å². The van der Waals surface area contributed by atoms with Gasteiger partial charge >= 0.3 is 18.0 Å². The van der Waals surface area contributed by atoms with E-state index in [-0.39, 0.29) is 23.1 Å². The monoisotopic (exact) mass is 410 g/mol. The Kier molecular flexibility index (Phi) is 4.84. The van der Waals surface area contributed by atoms with E-state index in [4.69, 9.17) is 16.7 Å². The van der Waals surface area contributed by atoms with Crippen molar-refractivity contribution in [3.8, 4) is 0 Å². The van der Waals surface area contributed by atoms with Crippen molar-refractivity contribution in [2.45, 2.75) is 31.8 Å². The second-order valence-electron chi connectivity index (χ2n) is 5.83. The first kappa shape index (κ1) is 19.1. The Morgan fingerprint density at radius 3 is 2.74 bits per heavy atom. The summed E-state index contributed by atoms with van der Waals surface area (Å²) in [5.74, 6) is -2.90. The molecule has 0 aliphatic carbocycles. The Hall–Kier alpha value is -2.63. The molecule has 2 aromatic heterocycles. The van der Waals surface area contributed by atoms with Gasteiger partial charge in [0.15, 0.2) is 6.23 Å². The zero-order valence-corrected chi connectivity index (χ0v) is 14.0. The van der Waals surface area contributed by atoms with Crippen molar-refractivity contribution < 1.29 is 32.2 Å². The number of nitrogens with zero attached hydrogens (tertiary/aromatic N) is 4. The molecule has 27 heavy (non-hydrogen) atoms. The van der Waals surface area contributed by atoms with Crippen LogP contribution in [-0.4, -0.2) is 36.8 Å². The van der Waals surface area contributed by atoms with E-state index in [0.29, 0.717) is 0 Å². The van der Waals surface area contributed by atoms with Crippen molar-refractivity contribution in [3.63, 3.8) is 0 Å². The molecule has 2 atom stereocenters. The first-order valence-electron chi connectivity index (χ1n) is 7.50. The highest BCUT2D eigenvalue weighted by atomic mass is 35.5. The van der Waals surface area contributed by atoms with Gasteiger partial charge in [-0.3, -0.25) is 4.98 Å². The van der Waals surface area contributed by atoms with Crippen LogP contribution in [0.5, 0.6) is 0 Å². The zero-order valence-electron chi connectivity index (χ0n) is 13.3. The number of halogens is 5. The topological polar surface area (TPSA) is 99.2 Å². The minimum absolute atomic E-state index is 0.0682. The van der Waals surface area contributed by atoms with Gasteiger partial charge in [0.05, 0.1) is 29.4 Å². The van der Waals surface area contributed by atoms with E-state index in [1.807, 2.05) is 0 Å². The number of ether oxygens (including phenoxy) is 1. The van der Waals surface area contributed by atoms with Gasteiger partial charge in [-0.05, 0) is 6.07 Å². The fraction of sp³-hybridized carbons (Fsp3) is 0.429. The largest absolute Gasteiger partial charge is 0.507 e. The molecule has 1 aliphatic rings. The van der Waals surface area contributed by atoms with E-state index >= 15 is 0 Å². The molecule has 0 saturated carbocycles. The molecule has 0 amide bonds. The second-order valence-corrected chi connectivity index (χ2v) is 6.23. The number of hydrogen-bond acceptors (Lipinski definition) is 5. The lowest BCUT2D eigenvalue weighted by Crippen LogP contribution is -2.39. The van der Waals surface area contributed by atoms with Crippen molar-refractivity contribution in [3.05, 3.63) is 45.1 Å². The van der Waals surface area contributed by atoms with Gasteiger partial charge in [-0.25, -0.2) is 23.2 Å². The fourth-order valence-electron chi connectivity index (χ4n) is 2.82. The van der Waals surface area contributed by atoms with Gasteiger partial charge in [0.2, 0.25) is 0 Å². The van der Waals surface area contributed by atoms with Crippen LogP contribution < -0.4 is 5.69 Å². The molecule has 146 valence electrons. The standard InChI is InChI=1S/C14H11ClF4N4O4/c15-8-3-7(16)4-20-9(8)5-22-12(24)23-10(21-22)1-6(14(17,18)19)2-11(23)27-13(25)26/h3-4,6,11H,1-2,5H2,(H,25,26). The number of alkyl halides is 3. The lowest BCUT2D eigenvalue weighted by molar-refractivity contribution is -0.191. The molecule has 3 heterocycles. The number of rotatable bonds is 3. The summed E-state index contributed by atoms with van der Waals surface area (Å²) in [5, 5.41) is 12.5. The van der Waals surface area contributed by atoms with Crippen molar-refractivity contribution in [1.29, 1.82) is 0 Å². The Balaban J connectivity index is 2.00. The average Bonchev–Trinajstić information content (AvgIpc) is 2.85. The minimum atomic E-state index is -4.62. The fourth-order valence-corrected chi connectivity index (χ4v) is 3.03. The molecule has 1 aliphatic heterocycles. The number of carbonyl (C=O) groups is 1. The molecule has 0 fully saturated rings. The highest BCUT2D eigenvalue weighted by Crippen LogP contribution is 2.38. The molecule has 2 aromatic rings. The van der Waals surface area contributed by atoms with Crippen LogP contribution >= 0.6 is 11.6 Å². The highest BCUT2D eigenvalue weighted by Gasteiger charge is 2.46. The van der Waals surface area contributed by atoms with Crippen LogP contribution in [0.3, 0.4) is 0 Å². The molecule has 3 rings (SSSR count). The third kappa shape index (κ3) is 3.89. The van der Waals surface area contributed by atoms with Crippen LogP contribution in [0.4, 0.5) is 22.4 Å². The zero-order chi connectivity index (χ0) is 19.9. The molecule has 0 radical (unpaired) electrons. The highest BCUT2D eigenvalue weighted by molar-refractivity contribution is 6.31. The smallest absolute Gasteiger partial charge is 0.450 e. The summed E-state index contributed by atoms with van der Waals surface area (Å²) >= 11 is 5.84. The van der Waals surface area contributed by atoms with Crippen molar-refractivity contribution >= 4 is 17.8 Å². The average molecular weight is 411 g/mol. The van der Waals surface area contributed by atoms with Gasteiger partial charge in [0, 0.05) is 12.8 Å². The van der Waals surface area contributed by atoms with E-state index in [1.165, 1.54) is 0 Å². The summed E-state index contributed by atoms with van der Waals surface area (Å²) in [6.45, 7) is -0.339. The summed E-state index contributed by atoms with van der Waals surface area (Å²) in [6, 6.07) is 0.959. The Labute approximate surface area is 152 Å². The van der Waals surface area contributed by atoms with Crippen LogP contribution in [0.2, 0.25) is 5.02 Å². The molecule has 1 N–H and O–H groups in total. The van der Waals surface area contributed by atoms with Crippen molar-refractivity contribution in [1.82, 2.24) is 19.3 Å². The van der Waals surface area contributed by atoms with E-state index < -0.39 is 48.8 Å². The third-order valence-electron chi connectivity index (χ3n) is 4.03. The predicted octanol–water partition coefficient (Wildman–Crippen LogP) is 2.60. The van der Waals surface area contributed by atoms with Crippen LogP contribution in [0.15, 0.2) is 17.1 Å². The maximum absolute atomic E-state index is 13.1. The number of fused-ring (bicyclic) bond motifs is 1. The van der Waals surface area contributed by atoms with Crippen molar-refractivity contribution in [2.24, 2.45) is 5.92 Å². The molecule has 0 bridgehead atoms. The summed E-state index contributed by atoms with van der Waals surface area (Å²) < 4.78 is 58.4. The van der Waals surface area contributed by atoms with Crippen LogP contribution in [-0.2, 0) is 17.7 Å². The quantitative estimate of drug-likeness (QED) is 0.617. The van der Waals surface area contributed by atoms with E-state index in [1.54, 1.807) is 0 Å². The molecule has 0 spiro atoms. The van der Waals surface area contributed by atoms with Gasteiger partial charge in [-0.15, -0.1) is 0 Å². The SMILES string of the molecule is O=C(O)OC1CC(C(F)(F)F)Cc2nn(Cc3ncc(F)cc3Cl)c(=O)n21.